The summed E-state index contributed by atoms with van der Waals surface area (Å²) in [7, 11) is 3.21. The Morgan fingerprint density at radius 3 is 2.54 bits per heavy atom. The molecule has 138 valence electrons. The fourth-order valence-electron chi connectivity index (χ4n) is 3.24. The molecular formula is C20H25N3O3. The van der Waals surface area contributed by atoms with E-state index in [1.54, 1.807) is 26.5 Å². The number of carbonyl (C=O) groups excluding carboxylic acids is 1. The summed E-state index contributed by atoms with van der Waals surface area (Å²) in [5, 5.41) is 0. The van der Waals surface area contributed by atoms with E-state index in [0.29, 0.717) is 31.1 Å². The molecule has 0 radical (unpaired) electrons. The first-order chi connectivity index (χ1) is 12.5. The Kier molecular flexibility index (Phi) is 5.42. The van der Waals surface area contributed by atoms with Gasteiger partial charge in [-0.05, 0) is 26.0 Å². The van der Waals surface area contributed by atoms with Crippen LogP contribution in [0.5, 0.6) is 11.5 Å². The number of hydrogen-bond donors (Lipinski definition) is 0. The summed E-state index contributed by atoms with van der Waals surface area (Å²) in [5.41, 5.74) is 2.91. The SMILES string of the molecule is COc1ccnc(CN2CC(=O)N(c3ccc(C)cc3)C[C@H]2C)c1OC. The molecule has 1 saturated heterocycles. The molecule has 26 heavy (non-hydrogen) atoms. The minimum Gasteiger partial charge on any atom is -0.493 e. The predicted octanol–water partition coefficient (Wildman–Crippen LogP) is 2.64. The summed E-state index contributed by atoms with van der Waals surface area (Å²) in [5.74, 6) is 1.36. The van der Waals surface area contributed by atoms with E-state index >= 15 is 0 Å². The van der Waals surface area contributed by atoms with Crippen molar-refractivity contribution in [1.82, 2.24) is 9.88 Å². The number of rotatable bonds is 5. The summed E-state index contributed by atoms with van der Waals surface area (Å²) < 4.78 is 10.8. The third-order valence-electron chi connectivity index (χ3n) is 4.77. The summed E-state index contributed by atoms with van der Waals surface area (Å²) in [6.07, 6.45) is 1.70. The fourth-order valence-corrected chi connectivity index (χ4v) is 3.24. The minimum atomic E-state index is 0.0915. The number of anilines is 1. The van der Waals surface area contributed by atoms with Crippen LogP contribution in [0.2, 0.25) is 0 Å². The van der Waals surface area contributed by atoms with Gasteiger partial charge in [-0.25, -0.2) is 0 Å². The molecule has 0 unspecified atom stereocenters. The van der Waals surface area contributed by atoms with Gasteiger partial charge in [0, 0.05) is 37.1 Å². The van der Waals surface area contributed by atoms with Crippen molar-refractivity contribution in [1.29, 1.82) is 0 Å². The van der Waals surface area contributed by atoms with Crippen molar-refractivity contribution in [2.75, 3.05) is 32.2 Å². The number of carbonyl (C=O) groups is 1. The standard InChI is InChI=1S/C20H25N3O3/c1-14-5-7-16(8-6-14)23-11-15(2)22(13-19(23)24)12-17-20(26-4)18(25-3)9-10-21-17/h5-10,15H,11-13H2,1-4H3/t15-/m1/s1. The second-order valence-corrected chi connectivity index (χ2v) is 6.59. The van der Waals surface area contributed by atoms with Crippen molar-refractivity contribution in [3.05, 3.63) is 47.8 Å². The molecule has 3 rings (SSSR count). The smallest absolute Gasteiger partial charge is 0.241 e. The highest BCUT2D eigenvalue weighted by Gasteiger charge is 2.31. The van der Waals surface area contributed by atoms with E-state index in [-0.39, 0.29) is 11.9 Å². The summed E-state index contributed by atoms with van der Waals surface area (Å²) in [6, 6.07) is 10.0. The number of ether oxygens (including phenoxy) is 2. The molecule has 1 atom stereocenters. The van der Waals surface area contributed by atoms with E-state index in [2.05, 4.69) is 16.8 Å². The first kappa shape index (κ1) is 18.2. The van der Waals surface area contributed by atoms with E-state index < -0.39 is 0 Å². The first-order valence-corrected chi connectivity index (χ1v) is 8.70. The van der Waals surface area contributed by atoms with E-state index in [9.17, 15) is 4.79 Å². The van der Waals surface area contributed by atoms with Gasteiger partial charge in [-0.2, -0.15) is 0 Å². The number of aryl methyl sites for hydroxylation is 1. The number of benzene rings is 1. The minimum absolute atomic E-state index is 0.0915. The number of amides is 1. The molecule has 6 heteroatoms. The van der Waals surface area contributed by atoms with Gasteiger partial charge in [0.25, 0.3) is 0 Å². The number of methoxy groups -OCH3 is 2. The van der Waals surface area contributed by atoms with Crippen LogP contribution in [0.1, 0.15) is 18.2 Å². The van der Waals surface area contributed by atoms with Gasteiger partial charge < -0.3 is 14.4 Å². The average Bonchev–Trinajstić information content (AvgIpc) is 2.65. The van der Waals surface area contributed by atoms with Crippen LogP contribution in [0.3, 0.4) is 0 Å². The van der Waals surface area contributed by atoms with Crippen molar-refractivity contribution < 1.29 is 14.3 Å². The fraction of sp³-hybridized carbons (Fsp3) is 0.400. The third-order valence-corrected chi connectivity index (χ3v) is 4.77. The Morgan fingerprint density at radius 2 is 1.88 bits per heavy atom. The van der Waals surface area contributed by atoms with Gasteiger partial charge >= 0.3 is 0 Å². The zero-order chi connectivity index (χ0) is 18.7. The van der Waals surface area contributed by atoms with Crippen LogP contribution in [0.25, 0.3) is 0 Å². The molecule has 1 aliphatic rings. The molecule has 0 saturated carbocycles. The van der Waals surface area contributed by atoms with Crippen LogP contribution in [-0.4, -0.2) is 49.1 Å². The first-order valence-electron chi connectivity index (χ1n) is 8.70. The van der Waals surface area contributed by atoms with Gasteiger partial charge in [0.2, 0.25) is 5.91 Å². The zero-order valence-corrected chi connectivity index (χ0v) is 15.7. The van der Waals surface area contributed by atoms with Crippen molar-refractivity contribution in [3.63, 3.8) is 0 Å². The van der Waals surface area contributed by atoms with Gasteiger partial charge in [0.05, 0.1) is 20.8 Å². The highest BCUT2D eigenvalue weighted by molar-refractivity contribution is 5.95. The van der Waals surface area contributed by atoms with Crippen LogP contribution in [0.4, 0.5) is 5.69 Å². The molecule has 2 aromatic rings. The van der Waals surface area contributed by atoms with Gasteiger partial charge in [0.15, 0.2) is 11.5 Å². The lowest BCUT2D eigenvalue weighted by atomic mass is 10.1. The topological polar surface area (TPSA) is 54.9 Å². The Morgan fingerprint density at radius 1 is 1.15 bits per heavy atom. The van der Waals surface area contributed by atoms with Crippen LogP contribution in [0, 0.1) is 6.92 Å². The van der Waals surface area contributed by atoms with Crippen LogP contribution in [-0.2, 0) is 11.3 Å². The Bertz CT molecular complexity index is 776. The van der Waals surface area contributed by atoms with Crippen LogP contribution < -0.4 is 14.4 Å². The molecule has 1 fully saturated rings. The Hall–Kier alpha value is -2.60. The number of piperazine rings is 1. The maximum atomic E-state index is 12.7. The van der Waals surface area contributed by atoms with Crippen molar-refractivity contribution in [2.45, 2.75) is 26.4 Å². The highest BCUT2D eigenvalue weighted by Crippen LogP contribution is 2.31. The maximum absolute atomic E-state index is 12.7. The number of pyridine rings is 1. The molecule has 0 aliphatic carbocycles. The molecule has 1 amide bonds. The molecule has 1 aromatic heterocycles. The Balaban J connectivity index is 1.76. The molecule has 0 bridgehead atoms. The number of nitrogens with zero attached hydrogens (tertiary/aromatic N) is 3. The van der Waals surface area contributed by atoms with Crippen LogP contribution >= 0.6 is 0 Å². The van der Waals surface area contributed by atoms with Crippen molar-refractivity contribution in [3.8, 4) is 11.5 Å². The lowest BCUT2D eigenvalue weighted by Gasteiger charge is -2.39. The monoisotopic (exact) mass is 355 g/mol. The van der Waals surface area contributed by atoms with E-state index in [1.807, 2.05) is 36.1 Å². The van der Waals surface area contributed by atoms with Crippen LogP contribution in [0.15, 0.2) is 36.5 Å². The van der Waals surface area contributed by atoms with Gasteiger partial charge in [-0.15, -0.1) is 0 Å². The number of hydrogen-bond acceptors (Lipinski definition) is 5. The molecule has 0 spiro atoms. The lowest BCUT2D eigenvalue weighted by molar-refractivity contribution is -0.122. The molecule has 1 aliphatic heterocycles. The van der Waals surface area contributed by atoms with E-state index in [0.717, 1.165) is 11.4 Å². The van der Waals surface area contributed by atoms with E-state index in [4.69, 9.17) is 9.47 Å². The molecule has 1 aromatic carbocycles. The molecule has 2 heterocycles. The van der Waals surface area contributed by atoms with E-state index in [1.165, 1.54) is 5.56 Å². The second-order valence-electron chi connectivity index (χ2n) is 6.59. The lowest BCUT2D eigenvalue weighted by Crippen LogP contribution is -2.54. The van der Waals surface area contributed by atoms with Gasteiger partial charge in [-0.1, -0.05) is 17.7 Å². The van der Waals surface area contributed by atoms with Gasteiger partial charge in [-0.3, -0.25) is 14.7 Å². The maximum Gasteiger partial charge on any atom is 0.241 e. The zero-order valence-electron chi connectivity index (χ0n) is 15.7. The highest BCUT2D eigenvalue weighted by atomic mass is 16.5. The summed E-state index contributed by atoms with van der Waals surface area (Å²) in [6.45, 7) is 5.70. The molecule has 6 nitrogen and oxygen atoms in total. The number of aromatic nitrogens is 1. The summed E-state index contributed by atoms with van der Waals surface area (Å²) in [4.78, 5) is 21.1. The molecule has 0 N–H and O–H groups in total. The third kappa shape index (κ3) is 3.65. The normalized spacial score (nSPS) is 18.1. The average molecular weight is 355 g/mol. The second kappa shape index (κ2) is 7.74. The van der Waals surface area contributed by atoms with Crippen molar-refractivity contribution >= 4 is 11.6 Å². The summed E-state index contributed by atoms with van der Waals surface area (Å²) >= 11 is 0. The molecular weight excluding hydrogens is 330 g/mol. The van der Waals surface area contributed by atoms with Crippen molar-refractivity contribution in [2.24, 2.45) is 0 Å². The largest absolute Gasteiger partial charge is 0.493 e. The van der Waals surface area contributed by atoms with Gasteiger partial charge in [0.1, 0.15) is 5.69 Å². The Labute approximate surface area is 154 Å². The quantitative estimate of drug-likeness (QED) is 0.825. The predicted molar refractivity (Wildman–Crippen MR) is 101 cm³/mol.